The van der Waals surface area contributed by atoms with Gasteiger partial charge in [0.2, 0.25) is 0 Å². The topological polar surface area (TPSA) is 85.1 Å². The summed E-state index contributed by atoms with van der Waals surface area (Å²) in [6.45, 7) is 0. The molecule has 2 amide bonds. The summed E-state index contributed by atoms with van der Waals surface area (Å²) < 4.78 is 4.57. The highest BCUT2D eigenvalue weighted by atomic mass is 32.2. The van der Waals surface area contributed by atoms with Gasteiger partial charge in [0.1, 0.15) is 11.0 Å². The molecule has 1 aromatic carbocycles. The number of thioether (sulfide) groups is 1. The van der Waals surface area contributed by atoms with E-state index in [0.29, 0.717) is 15.9 Å². The lowest BCUT2D eigenvalue weighted by Gasteiger charge is -1.93. The molecular formula is C10H5N3O3S. The van der Waals surface area contributed by atoms with Crippen LogP contribution < -0.4 is 5.32 Å². The van der Waals surface area contributed by atoms with E-state index in [1.165, 1.54) is 0 Å². The van der Waals surface area contributed by atoms with Crippen LogP contribution in [0.5, 0.6) is 0 Å². The van der Waals surface area contributed by atoms with Crippen molar-refractivity contribution in [1.29, 1.82) is 0 Å². The Morgan fingerprint density at radius 3 is 2.82 bits per heavy atom. The van der Waals surface area contributed by atoms with Crippen LogP contribution in [0.4, 0.5) is 4.79 Å². The van der Waals surface area contributed by atoms with Gasteiger partial charge < -0.3 is 0 Å². The maximum atomic E-state index is 11.3. The number of nitrogens with one attached hydrogen (secondary N) is 1. The van der Waals surface area contributed by atoms with Gasteiger partial charge in [-0.25, -0.2) is 4.63 Å². The Balaban J connectivity index is 2.01. The van der Waals surface area contributed by atoms with Gasteiger partial charge in [-0.3, -0.25) is 14.9 Å². The highest BCUT2D eigenvalue weighted by molar-refractivity contribution is 8.18. The fraction of sp³-hybridized carbons (Fsp3) is 0. The van der Waals surface area contributed by atoms with E-state index in [4.69, 9.17) is 0 Å². The first kappa shape index (κ1) is 10.0. The molecule has 17 heavy (non-hydrogen) atoms. The summed E-state index contributed by atoms with van der Waals surface area (Å²) in [5, 5.41) is 9.20. The van der Waals surface area contributed by atoms with Crippen LogP contribution in [-0.4, -0.2) is 21.5 Å². The Bertz CT molecular complexity index is 662. The SMILES string of the molecule is O=C1NC(=O)C(=Cc2ccc3nonc3c2)S1. The first-order chi connectivity index (χ1) is 8.22. The van der Waals surface area contributed by atoms with Crippen LogP contribution in [0.2, 0.25) is 0 Å². The van der Waals surface area contributed by atoms with Crippen molar-refractivity contribution in [1.82, 2.24) is 15.6 Å². The molecule has 84 valence electrons. The second-order valence-electron chi connectivity index (χ2n) is 3.36. The molecule has 1 fully saturated rings. The van der Waals surface area contributed by atoms with Crippen LogP contribution in [-0.2, 0) is 4.79 Å². The molecule has 1 aliphatic rings. The van der Waals surface area contributed by atoms with Gasteiger partial charge in [0, 0.05) is 0 Å². The Morgan fingerprint density at radius 1 is 1.24 bits per heavy atom. The minimum absolute atomic E-state index is 0.356. The number of carbonyl (C=O) groups is 2. The summed E-state index contributed by atoms with van der Waals surface area (Å²) in [6, 6.07) is 5.24. The number of aromatic nitrogens is 2. The monoisotopic (exact) mass is 247 g/mol. The minimum atomic E-state index is -0.377. The number of rotatable bonds is 1. The second-order valence-corrected chi connectivity index (χ2v) is 4.38. The normalized spacial score (nSPS) is 18.0. The summed E-state index contributed by atoms with van der Waals surface area (Å²) in [6.07, 6.45) is 1.62. The minimum Gasteiger partial charge on any atom is -0.282 e. The fourth-order valence-electron chi connectivity index (χ4n) is 1.46. The first-order valence-electron chi connectivity index (χ1n) is 4.69. The number of amides is 2. The van der Waals surface area contributed by atoms with Crippen molar-refractivity contribution in [2.75, 3.05) is 0 Å². The zero-order valence-electron chi connectivity index (χ0n) is 8.34. The molecule has 7 heteroatoms. The van der Waals surface area contributed by atoms with Crippen molar-refractivity contribution in [3.8, 4) is 0 Å². The molecule has 0 radical (unpaired) electrons. The molecule has 0 bridgehead atoms. The van der Waals surface area contributed by atoms with Crippen molar-refractivity contribution in [3.63, 3.8) is 0 Å². The zero-order valence-corrected chi connectivity index (χ0v) is 9.15. The quantitative estimate of drug-likeness (QED) is 0.769. The van der Waals surface area contributed by atoms with Crippen LogP contribution in [0.15, 0.2) is 27.7 Å². The van der Waals surface area contributed by atoms with Crippen LogP contribution in [0.1, 0.15) is 5.56 Å². The number of benzene rings is 1. The Morgan fingerprint density at radius 2 is 2.06 bits per heavy atom. The summed E-state index contributed by atoms with van der Waals surface area (Å²) in [5.74, 6) is -0.377. The standard InChI is InChI=1S/C10H5N3O3S/c14-9-8(17-10(15)11-9)4-5-1-2-6-7(3-5)13-16-12-6/h1-4H,(H,11,14,15). The van der Waals surface area contributed by atoms with Gasteiger partial charge in [0.15, 0.2) is 0 Å². The number of imide groups is 1. The van der Waals surface area contributed by atoms with Crippen molar-refractivity contribution in [2.45, 2.75) is 0 Å². The zero-order chi connectivity index (χ0) is 11.8. The molecule has 0 spiro atoms. The third-order valence-electron chi connectivity index (χ3n) is 2.22. The van der Waals surface area contributed by atoms with Gasteiger partial charge in [0.05, 0.1) is 4.91 Å². The number of fused-ring (bicyclic) bond motifs is 1. The first-order valence-corrected chi connectivity index (χ1v) is 5.51. The lowest BCUT2D eigenvalue weighted by atomic mass is 10.2. The molecule has 2 aromatic rings. The summed E-state index contributed by atoms with van der Waals surface area (Å²) in [5.41, 5.74) is 2.02. The van der Waals surface area contributed by atoms with Gasteiger partial charge >= 0.3 is 0 Å². The Kier molecular flexibility index (Phi) is 2.19. The number of hydrogen-bond acceptors (Lipinski definition) is 6. The summed E-state index contributed by atoms with van der Waals surface area (Å²) in [4.78, 5) is 22.7. The van der Waals surface area contributed by atoms with Crippen LogP contribution in [0, 0.1) is 0 Å². The van der Waals surface area contributed by atoms with Gasteiger partial charge in [-0.15, -0.1) is 0 Å². The molecule has 3 rings (SSSR count). The predicted molar refractivity (Wildman–Crippen MR) is 60.9 cm³/mol. The van der Waals surface area contributed by atoms with Crippen LogP contribution >= 0.6 is 11.8 Å². The van der Waals surface area contributed by atoms with Crippen molar-refractivity contribution in [3.05, 3.63) is 28.7 Å². The van der Waals surface area contributed by atoms with Gasteiger partial charge in [-0.1, -0.05) is 6.07 Å². The predicted octanol–water partition coefficient (Wildman–Crippen LogP) is 1.55. The Hall–Kier alpha value is -2.15. The molecule has 2 heterocycles. The number of carbonyl (C=O) groups excluding carboxylic acids is 2. The van der Waals surface area contributed by atoms with Crippen molar-refractivity contribution in [2.24, 2.45) is 0 Å². The smallest absolute Gasteiger partial charge is 0.282 e. The molecule has 1 N–H and O–H groups in total. The second kappa shape index (κ2) is 3.70. The molecule has 6 nitrogen and oxygen atoms in total. The van der Waals surface area contributed by atoms with Gasteiger partial charge in [0.25, 0.3) is 11.1 Å². The third kappa shape index (κ3) is 1.80. The maximum absolute atomic E-state index is 11.3. The fourth-order valence-corrected chi connectivity index (χ4v) is 2.14. The Labute approximate surface area is 99.0 Å². The average Bonchev–Trinajstić information content (AvgIpc) is 2.85. The van der Waals surface area contributed by atoms with Crippen LogP contribution in [0.3, 0.4) is 0 Å². The van der Waals surface area contributed by atoms with Crippen molar-refractivity contribution < 1.29 is 14.2 Å². The summed E-state index contributed by atoms with van der Waals surface area (Å²) in [7, 11) is 0. The highest BCUT2D eigenvalue weighted by Crippen LogP contribution is 2.26. The van der Waals surface area contributed by atoms with Crippen LogP contribution in [0.25, 0.3) is 17.1 Å². The average molecular weight is 247 g/mol. The number of hydrogen-bond donors (Lipinski definition) is 1. The molecule has 0 atom stereocenters. The largest absolute Gasteiger partial charge is 0.290 e. The maximum Gasteiger partial charge on any atom is 0.290 e. The molecular weight excluding hydrogens is 242 g/mol. The van der Waals surface area contributed by atoms with Gasteiger partial charge in [-0.05, 0) is 45.8 Å². The van der Waals surface area contributed by atoms with E-state index in [9.17, 15) is 9.59 Å². The molecule has 1 saturated heterocycles. The van der Waals surface area contributed by atoms with E-state index in [-0.39, 0.29) is 11.1 Å². The van der Waals surface area contributed by atoms with E-state index in [1.54, 1.807) is 24.3 Å². The lowest BCUT2D eigenvalue weighted by molar-refractivity contribution is -0.115. The molecule has 0 aliphatic carbocycles. The van der Waals surface area contributed by atoms with E-state index in [1.807, 2.05) is 0 Å². The molecule has 1 aliphatic heterocycles. The molecule has 0 unspecified atom stereocenters. The molecule has 1 aromatic heterocycles. The molecule has 0 saturated carbocycles. The highest BCUT2D eigenvalue weighted by Gasteiger charge is 2.24. The summed E-state index contributed by atoms with van der Waals surface area (Å²) >= 11 is 0.878. The van der Waals surface area contributed by atoms with Crippen molar-refractivity contribution >= 4 is 40.0 Å². The van der Waals surface area contributed by atoms with E-state index in [2.05, 4.69) is 20.3 Å². The van der Waals surface area contributed by atoms with Gasteiger partial charge in [-0.2, -0.15) is 0 Å². The third-order valence-corrected chi connectivity index (χ3v) is 3.03. The lowest BCUT2D eigenvalue weighted by Crippen LogP contribution is -2.17. The van der Waals surface area contributed by atoms with E-state index >= 15 is 0 Å². The van der Waals surface area contributed by atoms with E-state index in [0.717, 1.165) is 17.3 Å². The van der Waals surface area contributed by atoms with E-state index < -0.39 is 0 Å². The number of nitrogens with zero attached hydrogens (tertiary/aromatic N) is 2.